The molecule has 13 heavy (non-hydrogen) atoms. The fraction of sp³-hybridized carbons (Fsp3) is 0.300. The quantitative estimate of drug-likeness (QED) is 0.389. The average Bonchev–Trinajstić information content (AvgIpc) is 2.63. The molecule has 0 bridgehead atoms. The van der Waals surface area contributed by atoms with E-state index in [1.165, 1.54) is 11.3 Å². The molecule has 0 atom stereocenters. The van der Waals surface area contributed by atoms with E-state index in [-0.39, 0.29) is 0 Å². The van der Waals surface area contributed by atoms with Gasteiger partial charge in [-0.3, -0.25) is 0 Å². The van der Waals surface area contributed by atoms with Gasteiger partial charge < -0.3 is 10.5 Å². The van der Waals surface area contributed by atoms with Gasteiger partial charge in [0.2, 0.25) is 0 Å². The van der Waals surface area contributed by atoms with Gasteiger partial charge >= 0.3 is 0 Å². The van der Waals surface area contributed by atoms with Gasteiger partial charge in [-0.05, 0) is 36.6 Å². The van der Waals surface area contributed by atoms with Crippen molar-refractivity contribution in [2.75, 3.05) is 11.9 Å². The molecule has 3 nitrogen and oxygen atoms in total. The smallest absolute Gasteiger partial charge is 0.0837 e. The SMILES string of the molecule is C/C(=N/O)c1ccc2c(c1)CCN2. The minimum atomic E-state index is 0.662. The standard InChI is InChI=1S/C10H12N2O/c1-7(12-13)8-2-3-10-9(6-8)4-5-11-10/h2-3,6,11,13H,4-5H2,1H3/b12-7-. The maximum atomic E-state index is 8.61. The van der Waals surface area contributed by atoms with Crippen LogP contribution < -0.4 is 5.32 Å². The number of fused-ring (bicyclic) bond motifs is 1. The molecule has 1 aromatic rings. The average molecular weight is 176 g/mol. The third kappa shape index (κ3) is 1.37. The summed E-state index contributed by atoms with van der Waals surface area (Å²) in [5.41, 5.74) is 4.16. The lowest BCUT2D eigenvalue weighted by molar-refractivity contribution is 0.319. The molecule has 3 heteroatoms. The van der Waals surface area contributed by atoms with Gasteiger partial charge in [-0.1, -0.05) is 11.2 Å². The normalized spacial score (nSPS) is 15.3. The third-order valence-electron chi connectivity index (χ3n) is 2.38. The number of hydrogen-bond acceptors (Lipinski definition) is 3. The molecule has 0 fully saturated rings. The summed E-state index contributed by atoms with van der Waals surface area (Å²) < 4.78 is 0. The van der Waals surface area contributed by atoms with Crippen LogP contribution in [0.15, 0.2) is 23.4 Å². The first kappa shape index (κ1) is 8.10. The molecule has 0 saturated carbocycles. The molecular formula is C10H12N2O. The molecule has 1 aliphatic heterocycles. The highest BCUT2D eigenvalue weighted by atomic mass is 16.4. The van der Waals surface area contributed by atoms with E-state index in [1.807, 2.05) is 12.1 Å². The molecule has 1 heterocycles. The molecule has 0 saturated heterocycles. The van der Waals surface area contributed by atoms with E-state index in [0.29, 0.717) is 5.71 Å². The highest BCUT2D eigenvalue weighted by Crippen LogP contribution is 2.23. The Hall–Kier alpha value is -1.51. The summed E-state index contributed by atoms with van der Waals surface area (Å²) in [6.07, 6.45) is 1.06. The predicted octanol–water partition coefficient (Wildman–Crippen LogP) is 1.85. The van der Waals surface area contributed by atoms with Crippen LogP contribution in [0.2, 0.25) is 0 Å². The van der Waals surface area contributed by atoms with Gasteiger partial charge in [0.25, 0.3) is 0 Å². The Morgan fingerprint density at radius 3 is 3.15 bits per heavy atom. The molecular weight excluding hydrogens is 164 g/mol. The van der Waals surface area contributed by atoms with E-state index < -0.39 is 0 Å². The van der Waals surface area contributed by atoms with Crippen molar-refractivity contribution in [2.24, 2.45) is 5.16 Å². The zero-order chi connectivity index (χ0) is 9.26. The number of oxime groups is 1. The first-order chi connectivity index (χ1) is 6.31. The Bertz CT molecular complexity index is 358. The first-order valence-corrected chi connectivity index (χ1v) is 4.37. The Morgan fingerprint density at radius 1 is 1.54 bits per heavy atom. The van der Waals surface area contributed by atoms with E-state index in [4.69, 9.17) is 5.21 Å². The third-order valence-corrected chi connectivity index (χ3v) is 2.38. The second kappa shape index (κ2) is 3.09. The largest absolute Gasteiger partial charge is 0.411 e. The van der Waals surface area contributed by atoms with Crippen LogP contribution in [0.25, 0.3) is 0 Å². The minimum Gasteiger partial charge on any atom is -0.411 e. The van der Waals surface area contributed by atoms with Gasteiger partial charge in [0.15, 0.2) is 0 Å². The molecule has 0 amide bonds. The molecule has 0 unspecified atom stereocenters. The topological polar surface area (TPSA) is 44.6 Å². The van der Waals surface area contributed by atoms with Gasteiger partial charge in [-0.25, -0.2) is 0 Å². The van der Waals surface area contributed by atoms with Crippen molar-refractivity contribution < 1.29 is 5.21 Å². The second-order valence-electron chi connectivity index (χ2n) is 3.23. The Morgan fingerprint density at radius 2 is 2.38 bits per heavy atom. The molecule has 0 spiro atoms. The van der Waals surface area contributed by atoms with E-state index in [2.05, 4.69) is 16.5 Å². The van der Waals surface area contributed by atoms with E-state index >= 15 is 0 Å². The molecule has 2 N–H and O–H groups in total. The van der Waals surface area contributed by atoms with Gasteiger partial charge in [-0.2, -0.15) is 0 Å². The number of rotatable bonds is 1. The number of nitrogens with zero attached hydrogens (tertiary/aromatic N) is 1. The lowest BCUT2D eigenvalue weighted by atomic mass is 10.1. The van der Waals surface area contributed by atoms with Crippen molar-refractivity contribution in [3.8, 4) is 0 Å². The number of hydrogen-bond donors (Lipinski definition) is 2. The zero-order valence-electron chi connectivity index (χ0n) is 7.54. The summed E-state index contributed by atoms with van der Waals surface area (Å²) in [6.45, 7) is 2.80. The Labute approximate surface area is 77.1 Å². The van der Waals surface area contributed by atoms with E-state index in [0.717, 1.165) is 18.5 Å². The lowest BCUT2D eigenvalue weighted by Gasteiger charge is -2.02. The van der Waals surface area contributed by atoms with Crippen LogP contribution in [0, 0.1) is 0 Å². The maximum Gasteiger partial charge on any atom is 0.0837 e. The van der Waals surface area contributed by atoms with Crippen molar-refractivity contribution in [1.29, 1.82) is 0 Å². The van der Waals surface area contributed by atoms with Crippen LogP contribution in [0.5, 0.6) is 0 Å². The summed E-state index contributed by atoms with van der Waals surface area (Å²) in [4.78, 5) is 0. The number of nitrogens with one attached hydrogen (secondary N) is 1. The van der Waals surface area contributed by atoms with Crippen molar-refractivity contribution in [2.45, 2.75) is 13.3 Å². The molecule has 1 aromatic carbocycles. The summed E-state index contributed by atoms with van der Waals surface area (Å²) in [6, 6.07) is 6.07. The van der Waals surface area contributed by atoms with Crippen LogP contribution in [0.4, 0.5) is 5.69 Å². The minimum absolute atomic E-state index is 0.662. The number of benzene rings is 1. The molecule has 68 valence electrons. The molecule has 0 aliphatic carbocycles. The van der Waals surface area contributed by atoms with Gasteiger partial charge in [0.05, 0.1) is 5.71 Å². The highest BCUT2D eigenvalue weighted by Gasteiger charge is 2.10. The van der Waals surface area contributed by atoms with Gasteiger partial charge in [-0.15, -0.1) is 0 Å². The number of anilines is 1. The zero-order valence-corrected chi connectivity index (χ0v) is 7.54. The summed E-state index contributed by atoms with van der Waals surface area (Å²) in [5.74, 6) is 0. The van der Waals surface area contributed by atoms with Crippen LogP contribution in [-0.2, 0) is 6.42 Å². The highest BCUT2D eigenvalue weighted by molar-refractivity contribution is 5.98. The summed E-state index contributed by atoms with van der Waals surface area (Å²) in [5, 5.41) is 15.1. The Balaban J connectivity index is 2.41. The van der Waals surface area contributed by atoms with Crippen molar-refractivity contribution in [1.82, 2.24) is 0 Å². The molecule has 2 rings (SSSR count). The second-order valence-corrected chi connectivity index (χ2v) is 3.23. The molecule has 0 aromatic heterocycles. The first-order valence-electron chi connectivity index (χ1n) is 4.37. The van der Waals surface area contributed by atoms with Gasteiger partial charge in [0.1, 0.15) is 0 Å². The van der Waals surface area contributed by atoms with E-state index in [9.17, 15) is 0 Å². The maximum absolute atomic E-state index is 8.61. The fourth-order valence-electron chi connectivity index (χ4n) is 1.59. The van der Waals surface area contributed by atoms with Crippen LogP contribution in [-0.4, -0.2) is 17.5 Å². The van der Waals surface area contributed by atoms with Crippen molar-refractivity contribution in [3.63, 3.8) is 0 Å². The van der Waals surface area contributed by atoms with Crippen LogP contribution >= 0.6 is 0 Å². The van der Waals surface area contributed by atoms with Gasteiger partial charge in [0, 0.05) is 12.2 Å². The monoisotopic (exact) mass is 176 g/mol. The summed E-state index contributed by atoms with van der Waals surface area (Å²) in [7, 11) is 0. The lowest BCUT2D eigenvalue weighted by Crippen LogP contribution is -1.95. The summed E-state index contributed by atoms with van der Waals surface area (Å²) >= 11 is 0. The van der Waals surface area contributed by atoms with Crippen molar-refractivity contribution >= 4 is 11.4 Å². The molecule has 0 radical (unpaired) electrons. The fourth-order valence-corrected chi connectivity index (χ4v) is 1.59. The molecule has 1 aliphatic rings. The van der Waals surface area contributed by atoms with E-state index in [1.54, 1.807) is 6.92 Å². The van der Waals surface area contributed by atoms with Crippen molar-refractivity contribution in [3.05, 3.63) is 29.3 Å². The Kier molecular flexibility index (Phi) is 1.93. The van der Waals surface area contributed by atoms with Crippen LogP contribution in [0.1, 0.15) is 18.1 Å². The van der Waals surface area contributed by atoms with Crippen LogP contribution in [0.3, 0.4) is 0 Å². The predicted molar refractivity (Wildman–Crippen MR) is 52.6 cm³/mol.